The molecule has 1 aliphatic rings. The fourth-order valence-corrected chi connectivity index (χ4v) is 3.80. The lowest BCUT2D eigenvalue weighted by atomic mass is 9.82. The topological polar surface area (TPSA) is 102 Å². The Morgan fingerprint density at radius 1 is 0.900 bits per heavy atom. The molecule has 0 fully saturated rings. The van der Waals surface area contributed by atoms with Gasteiger partial charge in [-0.3, -0.25) is 23.5 Å². The zero-order valence-corrected chi connectivity index (χ0v) is 16.5. The third-order valence-corrected chi connectivity index (χ3v) is 5.35. The third kappa shape index (κ3) is 3.12. The van der Waals surface area contributed by atoms with Gasteiger partial charge in [-0.05, 0) is 17.7 Å². The fourth-order valence-electron chi connectivity index (χ4n) is 3.80. The summed E-state index contributed by atoms with van der Waals surface area (Å²) in [5.41, 5.74) is 0.279. The average molecular weight is 404 g/mol. The lowest BCUT2D eigenvalue weighted by Gasteiger charge is -2.34. The van der Waals surface area contributed by atoms with Crippen LogP contribution in [0, 0.1) is 0 Å². The number of anilines is 1. The molecule has 2 amide bonds. The van der Waals surface area contributed by atoms with E-state index in [2.05, 4.69) is 10.6 Å². The summed E-state index contributed by atoms with van der Waals surface area (Å²) in [4.78, 5) is 51.2. The Labute approximate surface area is 171 Å². The Morgan fingerprint density at radius 3 is 2.13 bits per heavy atom. The van der Waals surface area contributed by atoms with Gasteiger partial charge >= 0.3 is 5.69 Å². The monoisotopic (exact) mass is 404 g/mol. The number of amides is 2. The molecule has 8 heteroatoms. The van der Waals surface area contributed by atoms with E-state index in [1.54, 1.807) is 54.6 Å². The van der Waals surface area contributed by atoms with Crippen LogP contribution in [0.15, 0.2) is 70.3 Å². The first kappa shape index (κ1) is 19.4. The van der Waals surface area contributed by atoms with Crippen molar-refractivity contribution in [2.24, 2.45) is 14.1 Å². The highest BCUT2D eigenvalue weighted by atomic mass is 16.2. The van der Waals surface area contributed by atoms with E-state index in [-0.39, 0.29) is 11.4 Å². The van der Waals surface area contributed by atoms with E-state index in [4.69, 9.17) is 0 Å². The predicted octanol–water partition coefficient (Wildman–Crippen LogP) is 0.967. The summed E-state index contributed by atoms with van der Waals surface area (Å²) in [6, 6.07) is 16.5. The summed E-state index contributed by atoms with van der Waals surface area (Å²) in [6.07, 6.45) is 0. The smallest absolute Gasteiger partial charge is 0.332 e. The van der Waals surface area contributed by atoms with Gasteiger partial charge in [0, 0.05) is 25.6 Å². The zero-order valence-electron chi connectivity index (χ0n) is 16.5. The van der Waals surface area contributed by atoms with Gasteiger partial charge in [-0.15, -0.1) is 0 Å². The average Bonchev–Trinajstić information content (AvgIpc) is 2.78. The van der Waals surface area contributed by atoms with Crippen LogP contribution in [0.3, 0.4) is 0 Å². The Bertz CT molecular complexity index is 1250. The normalized spacial score (nSPS) is 17.7. The Kier molecular flexibility index (Phi) is 4.83. The van der Waals surface area contributed by atoms with Gasteiger partial charge in [-0.2, -0.15) is 0 Å². The van der Waals surface area contributed by atoms with E-state index in [9.17, 15) is 19.2 Å². The maximum absolute atomic E-state index is 13.1. The van der Waals surface area contributed by atoms with E-state index in [0.29, 0.717) is 11.1 Å². The first-order valence-electron chi connectivity index (χ1n) is 9.41. The second kappa shape index (κ2) is 7.47. The lowest BCUT2D eigenvalue weighted by Crippen LogP contribution is -2.54. The molecule has 2 aromatic carbocycles. The Hall–Kier alpha value is -3.94. The quantitative estimate of drug-likeness (QED) is 0.679. The van der Waals surface area contributed by atoms with Gasteiger partial charge in [-0.1, -0.05) is 48.5 Å². The lowest BCUT2D eigenvalue weighted by molar-refractivity contribution is -0.118. The maximum atomic E-state index is 13.1. The third-order valence-electron chi connectivity index (χ3n) is 5.35. The number of carbonyl (C=O) groups is 2. The SMILES string of the molecule is Cn1c2c(c(=O)n(C)c1=O)C(c1ccccc1)C(NC(=O)c1ccccc1)C(=O)N2. The van der Waals surface area contributed by atoms with Crippen LogP contribution in [0.5, 0.6) is 0 Å². The second-order valence-corrected chi connectivity index (χ2v) is 7.16. The van der Waals surface area contributed by atoms with Crippen molar-refractivity contribution in [3.63, 3.8) is 0 Å². The summed E-state index contributed by atoms with van der Waals surface area (Å²) in [6.45, 7) is 0. The van der Waals surface area contributed by atoms with Gasteiger partial charge in [0.1, 0.15) is 11.9 Å². The standard InChI is InChI=1S/C22H20N4O4/c1-25-18-16(21(29)26(2)22(25)30)15(13-9-5-3-6-10-13)17(20(28)24-18)23-19(27)14-11-7-4-8-12-14/h3-12,15,17H,1-2H3,(H,23,27)(H,24,28). The summed E-state index contributed by atoms with van der Waals surface area (Å²) < 4.78 is 2.24. The van der Waals surface area contributed by atoms with Crippen molar-refractivity contribution in [3.05, 3.63) is 98.2 Å². The van der Waals surface area contributed by atoms with E-state index in [0.717, 1.165) is 4.57 Å². The minimum absolute atomic E-state index is 0.146. The van der Waals surface area contributed by atoms with Crippen LogP contribution in [-0.2, 0) is 18.9 Å². The molecule has 8 nitrogen and oxygen atoms in total. The predicted molar refractivity (Wildman–Crippen MR) is 112 cm³/mol. The van der Waals surface area contributed by atoms with Gasteiger partial charge in [0.15, 0.2) is 0 Å². The van der Waals surface area contributed by atoms with Crippen LogP contribution < -0.4 is 21.9 Å². The van der Waals surface area contributed by atoms with E-state index in [1.807, 2.05) is 6.07 Å². The van der Waals surface area contributed by atoms with Gasteiger partial charge in [-0.25, -0.2) is 4.79 Å². The fraction of sp³-hybridized carbons (Fsp3) is 0.182. The molecule has 2 N–H and O–H groups in total. The molecule has 1 aliphatic heterocycles. The molecule has 2 heterocycles. The number of carbonyl (C=O) groups excluding carboxylic acids is 2. The summed E-state index contributed by atoms with van der Waals surface area (Å²) >= 11 is 0. The summed E-state index contributed by atoms with van der Waals surface area (Å²) in [7, 11) is 2.88. The Morgan fingerprint density at radius 2 is 1.50 bits per heavy atom. The minimum atomic E-state index is -1.03. The number of nitrogens with one attached hydrogen (secondary N) is 2. The van der Waals surface area contributed by atoms with Crippen molar-refractivity contribution in [1.82, 2.24) is 14.5 Å². The van der Waals surface area contributed by atoms with Crippen molar-refractivity contribution in [3.8, 4) is 0 Å². The molecule has 0 saturated carbocycles. The van der Waals surface area contributed by atoms with Gasteiger partial charge < -0.3 is 10.6 Å². The Balaban J connectivity index is 1.89. The molecular formula is C22H20N4O4. The highest BCUT2D eigenvalue weighted by molar-refractivity contribution is 6.03. The van der Waals surface area contributed by atoms with Crippen molar-refractivity contribution < 1.29 is 9.59 Å². The number of aromatic nitrogens is 2. The highest BCUT2D eigenvalue weighted by Gasteiger charge is 2.41. The van der Waals surface area contributed by atoms with Crippen molar-refractivity contribution in [2.45, 2.75) is 12.0 Å². The number of fused-ring (bicyclic) bond motifs is 1. The number of nitrogens with zero attached hydrogens (tertiary/aromatic N) is 2. The van der Waals surface area contributed by atoms with Crippen LogP contribution in [0.4, 0.5) is 5.82 Å². The van der Waals surface area contributed by atoms with E-state index < -0.39 is 35.0 Å². The molecule has 1 aromatic heterocycles. The first-order valence-corrected chi connectivity index (χ1v) is 9.41. The molecule has 152 valence electrons. The summed E-state index contributed by atoms with van der Waals surface area (Å²) in [5.74, 6) is -1.54. The number of hydrogen-bond acceptors (Lipinski definition) is 4. The summed E-state index contributed by atoms with van der Waals surface area (Å²) in [5, 5.41) is 5.41. The van der Waals surface area contributed by atoms with Crippen molar-refractivity contribution in [2.75, 3.05) is 5.32 Å². The molecule has 30 heavy (non-hydrogen) atoms. The minimum Gasteiger partial charge on any atom is -0.339 e. The van der Waals surface area contributed by atoms with Crippen LogP contribution in [0.25, 0.3) is 0 Å². The number of hydrogen-bond donors (Lipinski definition) is 2. The molecule has 2 atom stereocenters. The van der Waals surface area contributed by atoms with Crippen LogP contribution in [0.2, 0.25) is 0 Å². The second-order valence-electron chi connectivity index (χ2n) is 7.16. The van der Waals surface area contributed by atoms with E-state index >= 15 is 0 Å². The van der Waals surface area contributed by atoms with Crippen LogP contribution in [-0.4, -0.2) is 27.0 Å². The van der Waals surface area contributed by atoms with Crippen LogP contribution >= 0.6 is 0 Å². The molecule has 4 rings (SSSR count). The molecule has 2 unspecified atom stereocenters. The molecule has 0 bridgehead atoms. The molecule has 0 spiro atoms. The van der Waals surface area contributed by atoms with Gasteiger partial charge in [0.2, 0.25) is 5.91 Å². The van der Waals surface area contributed by atoms with Crippen molar-refractivity contribution >= 4 is 17.6 Å². The molecular weight excluding hydrogens is 384 g/mol. The molecule has 3 aromatic rings. The van der Waals surface area contributed by atoms with Crippen LogP contribution in [0.1, 0.15) is 27.4 Å². The van der Waals surface area contributed by atoms with Gasteiger partial charge in [0.05, 0.1) is 5.56 Å². The number of benzene rings is 2. The molecule has 0 aliphatic carbocycles. The van der Waals surface area contributed by atoms with Gasteiger partial charge in [0.25, 0.3) is 11.5 Å². The largest absolute Gasteiger partial charge is 0.339 e. The zero-order chi connectivity index (χ0) is 21.4. The highest BCUT2D eigenvalue weighted by Crippen LogP contribution is 2.34. The number of rotatable bonds is 3. The molecule has 0 radical (unpaired) electrons. The molecule has 0 saturated heterocycles. The van der Waals surface area contributed by atoms with E-state index in [1.165, 1.54) is 18.7 Å². The van der Waals surface area contributed by atoms with Crippen molar-refractivity contribution in [1.29, 1.82) is 0 Å². The maximum Gasteiger partial charge on any atom is 0.332 e. The first-order chi connectivity index (χ1) is 14.4.